The number of halogens is 1. The Morgan fingerprint density at radius 2 is 1.80 bits per heavy atom. The van der Waals surface area contributed by atoms with Crippen LogP contribution in [0.15, 0.2) is 36.4 Å². The quantitative estimate of drug-likeness (QED) is 0.856. The van der Waals surface area contributed by atoms with Crippen molar-refractivity contribution in [3.8, 4) is 11.1 Å². The van der Waals surface area contributed by atoms with E-state index in [0.29, 0.717) is 11.6 Å². The van der Waals surface area contributed by atoms with Crippen molar-refractivity contribution in [2.75, 3.05) is 0 Å². The lowest BCUT2D eigenvalue weighted by molar-refractivity contribution is 0.589. The zero-order chi connectivity index (χ0) is 14.7. The molecule has 1 nitrogen and oxygen atoms in total. The Hall–Kier alpha value is -1.67. The number of nitrogens with one attached hydrogen (secondary N) is 1. The van der Waals surface area contributed by atoms with E-state index in [9.17, 15) is 4.39 Å². The minimum Gasteiger partial charge on any atom is -0.310 e. The van der Waals surface area contributed by atoms with Crippen LogP contribution in [0.5, 0.6) is 0 Å². The fourth-order valence-electron chi connectivity index (χ4n) is 2.36. The van der Waals surface area contributed by atoms with Gasteiger partial charge in [0.2, 0.25) is 0 Å². The van der Waals surface area contributed by atoms with Crippen molar-refractivity contribution >= 4 is 0 Å². The van der Waals surface area contributed by atoms with E-state index in [4.69, 9.17) is 0 Å². The molecule has 0 bridgehead atoms. The normalized spacial score (nSPS) is 11.1. The molecule has 0 atom stereocenters. The number of aryl methyl sites for hydroxylation is 1. The van der Waals surface area contributed by atoms with Crippen LogP contribution in [0.4, 0.5) is 4.39 Å². The Morgan fingerprint density at radius 3 is 2.45 bits per heavy atom. The van der Waals surface area contributed by atoms with Crippen molar-refractivity contribution in [2.24, 2.45) is 0 Å². The van der Waals surface area contributed by atoms with Gasteiger partial charge in [-0.2, -0.15) is 0 Å². The molecule has 2 aromatic rings. The molecular weight excluding hydrogens is 249 g/mol. The Morgan fingerprint density at radius 1 is 1.05 bits per heavy atom. The van der Waals surface area contributed by atoms with E-state index >= 15 is 0 Å². The van der Waals surface area contributed by atoms with Gasteiger partial charge in [-0.05, 0) is 47.7 Å². The molecular formula is C18H22FN. The van der Waals surface area contributed by atoms with Crippen LogP contribution in [0.2, 0.25) is 0 Å². The molecule has 0 heterocycles. The predicted octanol–water partition coefficient (Wildman–Crippen LogP) is 4.61. The summed E-state index contributed by atoms with van der Waals surface area (Å²) in [6.07, 6.45) is 0. The van der Waals surface area contributed by atoms with Gasteiger partial charge in [0.25, 0.3) is 0 Å². The van der Waals surface area contributed by atoms with Crippen molar-refractivity contribution in [3.05, 3.63) is 58.9 Å². The van der Waals surface area contributed by atoms with E-state index in [1.165, 1.54) is 17.2 Å². The first-order valence-electron chi connectivity index (χ1n) is 7.07. The summed E-state index contributed by atoms with van der Waals surface area (Å²) in [5.41, 5.74) is 5.24. The number of rotatable bonds is 4. The summed E-state index contributed by atoms with van der Waals surface area (Å²) in [6.45, 7) is 9.05. The van der Waals surface area contributed by atoms with Gasteiger partial charge >= 0.3 is 0 Å². The lowest BCUT2D eigenvalue weighted by Gasteiger charge is -2.13. The summed E-state index contributed by atoms with van der Waals surface area (Å²) in [7, 11) is 0. The lowest BCUT2D eigenvalue weighted by Crippen LogP contribution is -2.21. The van der Waals surface area contributed by atoms with Crippen LogP contribution in [-0.4, -0.2) is 6.04 Å². The van der Waals surface area contributed by atoms with Gasteiger partial charge in [-0.15, -0.1) is 0 Å². The topological polar surface area (TPSA) is 12.0 Å². The molecule has 0 saturated carbocycles. The molecule has 0 radical (unpaired) electrons. The number of hydrogen-bond acceptors (Lipinski definition) is 1. The minimum absolute atomic E-state index is 0.146. The van der Waals surface area contributed by atoms with Crippen molar-refractivity contribution < 1.29 is 4.39 Å². The minimum atomic E-state index is -0.146. The van der Waals surface area contributed by atoms with Crippen molar-refractivity contribution in [2.45, 2.75) is 40.3 Å². The Balaban J connectivity index is 2.32. The summed E-state index contributed by atoms with van der Waals surface area (Å²) in [6, 6.07) is 12.1. The largest absolute Gasteiger partial charge is 0.310 e. The van der Waals surface area contributed by atoms with Crippen molar-refractivity contribution in [3.63, 3.8) is 0 Å². The van der Waals surface area contributed by atoms with Gasteiger partial charge in [-0.3, -0.25) is 0 Å². The molecule has 1 N–H and O–H groups in total. The maximum absolute atomic E-state index is 13.7. The highest BCUT2D eigenvalue weighted by atomic mass is 19.1. The van der Waals surface area contributed by atoms with Crippen LogP contribution in [-0.2, 0) is 6.54 Å². The van der Waals surface area contributed by atoms with E-state index < -0.39 is 0 Å². The third-order valence-electron chi connectivity index (χ3n) is 3.56. The van der Waals surface area contributed by atoms with Crippen LogP contribution in [0.1, 0.15) is 30.5 Å². The molecule has 0 aliphatic carbocycles. The zero-order valence-electron chi connectivity index (χ0n) is 12.6. The maximum atomic E-state index is 13.7. The molecule has 0 unspecified atom stereocenters. The highest BCUT2D eigenvalue weighted by Crippen LogP contribution is 2.28. The van der Waals surface area contributed by atoms with E-state index in [2.05, 4.69) is 44.3 Å². The molecule has 0 amide bonds. The highest BCUT2D eigenvalue weighted by molar-refractivity contribution is 5.70. The van der Waals surface area contributed by atoms with Crippen LogP contribution in [0.25, 0.3) is 11.1 Å². The van der Waals surface area contributed by atoms with E-state index in [1.54, 1.807) is 6.07 Å². The standard InChI is InChI=1S/C18H22FN/c1-12(2)20-11-15-8-9-16(13(3)10-15)17-6-5-7-18(19)14(17)4/h5-10,12,20H,11H2,1-4H3. The van der Waals surface area contributed by atoms with Gasteiger partial charge in [0, 0.05) is 12.6 Å². The van der Waals surface area contributed by atoms with Crippen molar-refractivity contribution in [1.29, 1.82) is 0 Å². The molecule has 2 heteroatoms. The summed E-state index contributed by atoms with van der Waals surface area (Å²) >= 11 is 0. The van der Waals surface area contributed by atoms with Gasteiger partial charge in [-0.25, -0.2) is 4.39 Å². The SMILES string of the molecule is Cc1cc(CNC(C)C)ccc1-c1cccc(F)c1C. The maximum Gasteiger partial charge on any atom is 0.126 e. The van der Waals surface area contributed by atoms with Crippen LogP contribution >= 0.6 is 0 Å². The fraction of sp³-hybridized carbons (Fsp3) is 0.333. The summed E-state index contributed by atoms with van der Waals surface area (Å²) in [5, 5.41) is 3.41. The molecule has 0 fully saturated rings. The van der Waals surface area contributed by atoms with Gasteiger partial charge in [0.15, 0.2) is 0 Å². The summed E-state index contributed by atoms with van der Waals surface area (Å²) in [5.74, 6) is -0.146. The van der Waals surface area contributed by atoms with Crippen LogP contribution in [0.3, 0.4) is 0 Å². The second-order valence-corrected chi connectivity index (χ2v) is 5.60. The third-order valence-corrected chi connectivity index (χ3v) is 3.56. The Labute approximate surface area is 120 Å². The van der Waals surface area contributed by atoms with Gasteiger partial charge in [0.05, 0.1) is 0 Å². The number of benzene rings is 2. The second kappa shape index (κ2) is 6.19. The molecule has 20 heavy (non-hydrogen) atoms. The second-order valence-electron chi connectivity index (χ2n) is 5.60. The van der Waals surface area contributed by atoms with E-state index in [-0.39, 0.29) is 5.82 Å². The number of hydrogen-bond donors (Lipinski definition) is 1. The molecule has 0 aliphatic heterocycles. The molecule has 2 rings (SSSR count). The fourth-order valence-corrected chi connectivity index (χ4v) is 2.36. The third kappa shape index (κ3) is 3.26. The van der Waals surface area contributed by atoms with Gasteiger partial charge < -0.3 is 5.32 Å². The van der Waals surface area contributed by atoms with Crippen molar-refractivity contribution in [1.82, 2.24) is 5.32 Å². The van der Waals surface area contributed by atoms with Gasteiger partial charge in [-0.1, -0.05) is 44.2 Å². The first kappa shape index (κ1) is 14.7. The van der Waals surface area contributed by atoms with E-state index in [0.717, 1.165) is 17.7 Å². The van der Waals surface area contributed by atoms with Crippen LogP contribution in [0, 0.1) is 19.7 Å². The zero-order valence-corrected chi connectivity index (χ0v) is 12.6. The first-order chi connectivity index (χ1) is 9.49. The average molecular weight is 271 g/mol. The average Bonchev–Trinajstić information content (AvgIpc) is 2.40. The first-order valence-corrected chi connectivity index (χ1v) is 7.07. The molecule has 0 spiro atoms. The predicted molar refractivity (Wildman–Crippen MR) is 83.3 cm³/mol. The highest BCUT2D eigenvalue weighted by Gasteiger charge is 2.08. The summed E-state index contributed by atoms with van der Waals surface area (Å²) in [4.78, 5) is 0. The molecule has 106 valence electrons. The van der Waals surface area contributed by atoms with Crippen LogP contribution < -0.4 is 5.32 Å². The van der Waals surface area contributed by atoms with E-state index in [1.807, 2.05) is 13.0 Å². The lowest BCUT2D eigenvalue weighted by atomic mass is 9.95. The Bertz CT molecular complexity index is 602. The molecule has 2 aromatic carbocycles. The Kier molecular flexibility index (Phi) is 4.56. The summed E-state index contributed by atoms with van der Waals surface area (Å²) < 4.78 is 13.7. The molecule has 0 aromatic heterocycles. The monoisotopic (exact) mass is 271 g/mol. The molecule has 0 aliphatic rings. The van der Waals surface area contributed by atoms with Gasteiger partial charge in [0.1, 0.15) is 5.82 Å². The smallest absolute Gasteiger partial charge is 0.126 e. The molecule has 0 saturated heterocycles.